The number of hydrogen-bond donors (Lipinski definition) is 2. The molecule has 0 spiro atoms. The molecule has 0 atom stereocenters. The molecule has 2 aliphatic heterocycles. The Labute approximate surface area is 85.2 Å². The molecule has 2 heterocycles. The highest BCUT2D eigenvalue weighted by Gasteiger charge is 2.52. The lowest BCUT2D eigenvalue weighted by atomic mass is 9.90. The lowest BCUT2D eigenvalue weighted by Gasteiger charge is -2.31. The molecule has 0 aromatic rings. The molecule has 0 aromatic carbocycles. The van der Waals surface area contributed by atoms with Crippen molar-refractivity contribution < 1.29 is 54.8 Å². The van der Waals surface area contributed by atoms with Gasteiger partial charge in [0.05, 0.1) is 0 Å². The molecule has 0 saturated carbocycles. The van der Waals surface area contributed by atoms with Crippen LogP contribution in [0.25, 0.3) is 0 Å². The van der Waals surface area contributed by atoms with E-state index in [2.05, 4.69) is 22.9 Å². The highest BCUT2D eigenvalue weighted by atomic mass is 16.9. The molecular formula is H10B4O11. The van der Waals surface area contributed by atoms with E-state index >= 15 is 0 Å². The van der Waals surface area contributed by atoms with Gasteiger partial charge >= 0.3 is 29.3 Å². The predicted octanol–water partition coefficient (Wildman–Crippen LogP) is -6.28. The van der Waals surface area contributed by atoms with Crippen molar-refractivity contribution in [2.45, 2.75) is 0 Å². The first-order valence-electron chi connectivity index (χ1n) is 2.87. The molecule has 0 aliphatic carbocycles. The van der Waals surface area contributed by atoms with Gasteiger partial charge in [-0.05, 0) is 0 Å². The second kappa shape index (κ2) is 8.03. The first-order valence-corrected chi connectivity index (χ1v) is 2.87. The van der Waals surface area contributed by atoms with E-state index < -0.39 is 29.3 Å². The molecule has 0 amide bonds. The van der Waals surface area contributed by atoms with Gasteiger partial charge in [-0.25, -0.2) is 0 Å². The summed E-state index contributed by atoms with van der Waals surface area (Å²) in [6.07, 6.45) is 0. The van der Waals surface area contributed by atoms with Crippen LogP contribution in [0, 0.1) is 0 Å². The topological polar surface area (TPSA) is 213 Å². The van der Waals surface area contributed by atoms with Crippen molar-refractivity contribution in [3.8, 4) is 0 Å². The second-order valence-electron chi connectivity index (χ2n) is 1.87. The Morgan fingerprint density at radius 2 is 0.800 bits per heavy atom. The molecule has 88 valence electrons. The molecule has 0 aromatic heterocycles. The average molecular weight is 229 g/mol. The van der Waals surface area contributed by atoms with Gasteiger partial charge < -0.3 is 54.8 Å². The van der Waals surface area contributed by atoms with Crippen LogP contribution in [0.1, 0.15) is 0 Å². The molecule has 11 nitrogen and oxygen atoms in total. The summed E-state index contributed by atoms with van der Waals surface area (Å²) in [6.45, 7) is 0. The second-order valence-corrected chi connectivity index (χ2v) is 1.87. The van der Waals surface area contributed by atoms with E-state index in [9.17, 15) is 0 Å². The lowest BCUT2D eigenvalue weighted by Crippen LogP contribution is -2.59. The Morgan fingerprint density at radius 3 is 1.07 bits per heavy atom. The lowest BCUT2D eigenvalue weighted by molar-refractivity contribution is 0.0834. The van der Waals surface area contributed by atoms with Crippen LogP contribution in [0.4, 0.5) is 0 Å². The van der Waals surface area contributed by atoms with Crippen LogP contribution in [0.3, 0.4) is 0 Å². The normalized spacial score (nSPS) is 18.0. The van der Waals surface area contributed by atoms with Crippen LogP contribution in [0.15, 0.2) is 0 Å². The number of hydrogen-bond acceptors (Lipinski definition) is 7. The average Bonchev–Trinajstić information content (AvgIpc) is 1.82. The summed E-state index contributed by atoms with van der Waals surface area (Å²) in [5.74, 6) is 0. The van der Waals surface area contributed by atoms with Gasteiger partial charge in [-0.3, -0.25) is 0 Å². The first kappa shape index (κ1) is 20.3. The number of rotatable bonds is 0. The minimum Gasteiger partial charge on any atom is -0.412 e. The maximum absolute atomic E-state index is 8.74. The van der Waals surface area contributed by atoms with Crippen LogP contribution in [0.2, 0.25) is 0 Å². The van der Waals surface area contributed by atoms with Crippen molar-refractivity contribution >= 4 is 29.3 Å². The van der Waals surface area contributed by atoms with Crippen LogP contribution in [-0.4, -0.2) is 61.2 Å². The zero-order valence-electron chi connectivity index (χ0n) is 7.25. The van der Waals surface area contributed by atoms with Crippen molar-refractivity contribution in [3.63, 3.8) is 0 Å². The molecule has 10 N–H and O–H groups in total. The maximum Gasteiger partial charge on any atom is 0.612 e. The van der Waals surface area contributed by atoms with Gasteiger partial charge in [0.15, 0.2) is 0 Å². The minimum absolute atomic E-state index is 0. The fourth-order valence-electron chi connectivity index (χ4n) is 0.728. The summed E-state index contributed by atoms with van der Waals surface area (Å²) in [4.78, 5) is 0. The monoisotopic (exact) mass is 230 g/mol. The standard InChI is InChI=1S/B4H2O7.4H2O/c5-1-7-3-9-2(6)10-4(8-1)11-3;;;;/h5-6H;4*1H2. The Kier molecular flexibility index (Phi) is 10.8. The quantitative estimate of drug-likeness (QED) is 0.382. The first-order chi connectivity index (χ1) is 5.24. The van der Waals surface area contributed by atoms with E-state index in [0.29, 0.717) is 0 Å². The van der Waals surface area contributed by atoms with E-state index in [1.165, 1.54) is 0 Å². The summed E-state index contributed by atoms with van der Waals surface area (Å²) in [7, 11) is -5.20. The summed E-state index contributed by atoms with van der Waals surface area (Å²) in [6, 6.07) is 0. The summed E-state index contributed by atoms with van der Waals surface area (Å²) >= 11 is 0. The molecular weight excluding hydrogens is 219 g/mol. The molecule has 2 rings (SSSR count). The molecule has 2 bridgehead atoms. The van der Waals surface area contributed by atoms with Crippen molar-refractivity contribution in [3.05, 3.63) is 0 Å². The maximum atomic E-state index is 8.74. The van der Waals surface area contributed by atoms with Crippen LogP contribution in [-0.2, 0) is 22.9 Å². The van der Waals surface area contributed by atoms with E-state index in [0.717, 1.165) is 0 Å². The third-order valence-electron chi connectivity index (χ3n) is 1.13. The van der Waals surface area contributed by atoms with E-state index in [1.54, 1.807) is 0 Å². The molecule has 15 heavy (non-hydrogen) atoms. The molecule has 15 heteroatoms. The van der Waals surface area contributed by atoms with Gasteiger partial charge in [0.25, 0.3) is 0 Å². The van der Waals surface area contributed by atoms with Crippen LogP contribution < -0.4 is 0 Å². The zero-order chi connectivity index (χ0) is 7.84. The number of fused-ring (bicyclic) bond motifs is 2. The van der Waals surface area contributed by atoms with E-state index in [-0.39, 0.29) is 21.9 Å². The third kappa shape index (κ3) is 4.91. The van der Waals surface area contributed by atoms with Crippen molar-refractivity contribution in [1.82, 2.24) is 0 Å². The highest BCUT2D eigenvalue weighted by molar-refractivity contribution is 6.74. The molecule has 2 saturated heterocycles. The van der Waals surface area contributed by atoms with E-state index in [1.807, 2.05) is 0 Å². The van der Waals surface area contributed by atoms with Crippen LogP contribution in [0.5, 0.6) is 0 Å². The summed E-state index contributed by atoms with van der Waals surface area (Å²) in [5.41, 5.74) is 0. The van der Waals surface area contributed by atoms with Gasteiger partial charge in [0, 0.05) is 0 Å². The predicted molar refractivity (Wildman–Crippen MR) is 47.3 cm³/mol. The molecule has 0 radical (unpaired) electrons. The summed E-state index contributed by atoms with van der Waals surface area (Å²) in [5, 5.41) is 17.5. The fraction of sp³-hybridized carbons (Fsp3) is 0. The van der Waals surface area contributed by atoms with Gasteiger partial charge in [-0.2, -0.15) is 0 Å². The Morgan fingerprint density at radius 1 is 0.533 bits per heavy atom. The van der Waals surface area contributed by atoms with Gasteiger partial charge in [-0.1, -0.05) is 0 Å². The highest BCUT2D eigenvalue weighted by Crippen LogP contribution is 2.14. The van der Waals surface area contributed by atoms with Crippen molar-refractivity contribution in [1.29, 1.82) is 0 Å². The SMILES string of the molecule is O.O.O.O.OB1OB2OB(O)OB(O1)O2. The molecule has 2 fully saturated rings. The van der Waals surface area contributed by atoms with Gasteiger partial charge in [0.1, 0.15) is 0 Å². The fourth-order valence-corrected chi connectivity index (χ4v) is 0.728. The van der Waals surface area contributed by atoms with Crippen molar-refractivity contribution in [2.75, 3.05) is 0 Å². The van der Waals surface area contributed by atoms with E-state index in [4.69, 9.17) is 10.0 Å². The Bertz CT molecular complexity index is 118. The zero-order valence-corrected chi connectivity index (χ0v) is 7.25. The Hall–Kier alpha value is -0.180. The Balaban J connectivity index is -0.000000360. The molecule has 0 unspecified atom stereocenters. The summed E-state index contributed by atoms with van der Waals surface area (Å²) < 4.78 is 22.6. The van der Waals surface area contributed by atoms with Gasteiger partial charge in [-0.15, -0.1) is 0 Å². The van der Waals surface area contributed by atoms with Crippen LogP contribution >= 0.6 is 0 Å². The minimum atomic E-state index is -1.45. The smallest absolute Gasteiger partial charge is 0.412 e. The van der Waals surface area contributed by atoms with Crippen molar-refractivity contribution in [2.24, 2.45) is 0 Å². The molecule has 2 aliphatic rings. The third-order valence-corrected chi connectivity index (χ3v) is 1.13. The largest absolute Gasteiger partial charge is 0.612 e. The van der Waals surface area contributed by atoms with Gasteiger partial charge in [0.2, 0.25) is 0 Å².